The van der Waals surface area contributed by atoms with Gasteiger partial charge in [0.25, 0.3) is 0 Å². The maximum atomic E-state index is 12.7. The van der Waals surface area contributed by atoms with Crippen LogP contribution in [0.25, 0.3) is 10.2 Å². The van der Waals surface area contributed by atoms with Crippen LogP contribution in [0.1, 0.15) is 30.2 Å². The summed E-state index contributed by atoms with van der Waals surface area (Å²) in [5, 5.41) is 3.70. The molecule has 32 heavy (non-hydrogen) atoms. The van der Waals surface area contributed by atoms with Crippen LogP contribution in [0.15, 0.2) is 34.3 Å². The first-order valence-electron chi connectivity index (χ1n) is 10.2. The van der Waals surface area contributed by atoms with E-state index < -0.39 is 15.3 Å². The minimum absolute atomic E-state index is 0.115. The van der Waals surface area contributed by atoms with Crippen LogP contribution in [-0.2, 0) is 27.7 Å². The normalized spacial score (nSPS) is 15.0. The number of nitrogens with one attached hydrogen (secondary N) is 1. The Morgan fingerprint density at radius 1 is 1.25 bits per heavy atom. The van der Waals surface area contributed by atoms with Crippen LogP contribution in [0.4, 0.5) is 11.5 Å². The van der Waals surface area contributed by atoms with E-state index in [1.807, 2.05) is 0 Å². The summed E-state index contributed by atoms with van der Waals surface area (Å²) < 4.78 is 25.8. The van der Waals surface area contributed by atoms with Crippen LogP contribution in [0.2, 0.25) is 0 Å². The van der Waals surface area contributed by atoms with Crippen molar-refractivity contribution >= 4 is 60.8 Å². The predicted molar refractivity (Wildman–Crippen MR) is 130 cm³/mol. The van der Waals surface area contributed by atoms with Crippen molar-refractivity contribution in [3.8, 4) is 0 Å². The molecule has 170 valence electrons. The number of sulfonamides is 1. The van der Waals surface area contributed by atoms with E-state index in [1.165, 1.54) is 54.9 Å². The number of fused-ring (bicyclic) bond motifs is 3. The molecule has 0 aliphatic heterocycles. The van der Waals surface area contributed by atoms with E-state index in [-0.39, 0.29) is 10.8 Å². The van der Waals surface area contributed by atoms with E-state index in [1.54, 1.807) is 30.4 Å². The number of nitrogens with two attached hydrogens (primary N) is 1. The molecule has 3 aromatic rings. The zero-order chi connectivity index (χ0) is 23.0. The fraction of sp³-hybridized carbons (Fsp3) is 0.381. The van der Waals surface area contributed by atoms with Gasteiger partial charge in [-0.1, -0.05) is 17.8 Å². The number of thiophene rings is 1. The van der Waals surface area contributed by atoms with E-state index in [0.717, 1.165) is 33.8 Å². The van der Waals surface area contributed by atoms with Gasteiger partial charge in [-0.15, -0.1) is 11.3 Å². The second-order valence-corrected chi connectivity index (χ2v) is 12.4. The largest absolute Gasteiger partial charge is 0.383 e. The molecule has 1 aromatic carbocycles. The van der Waals surface area contributed by atoms with Gasteiger partial charge in [0.05, 0.1) is 15.5 Å². The van der Waals surface area contributed by atoms with E-state index in [0.29, 0.717) is 16.7 Å². The average molecular weight is 492 g/mol. The van der Waals surface area contributed by atoms with E-state index in [9.17, 15) is 13.2 Å². The molecule has 3 N–H and O–H groups in total. The van der Waals surface area contributed by atoms with Crippen LogP contribution in [0.3, 0.4) is 0 Å². The lowest BCUT2D eigenvalue weighted by Crippen LogP contribution is -2.24. The molecule has 11 heteroatoms. The molecule has 1 amide bonds. The van der Waals surface area contributed by atoms with Gasteiger partial charge in [-0.3, -0.25) is 4.79 Å². The quantitative estimate of drug-likeness (QED) is 0.400. The van der Waals surface area contributed by atoms with Crippen molar-refractivity contribution in [2.75, 3.05) is 25.1 Å². The number of nitrogens with zero attached hydrogens (tertiary/aromatic N) is 3. The Balaban J connectivity index is 1.50. The lowest BCUT2D eigenvalue weighted by Gasteiger charge is -2.14. The molecule has 0 radical (unpaired) electrons. The van der Waals surface area contributed by atoms with Crippen LogP contribution in [0, 0.1) is 0 Å². The van der Waals surface area contributed by atoms with Crippen molar-refractivity contribution < 1.29 is 13.2 Å². The topological polar surface area (TPSA) is 118 Å². The Morgan fingerprint density at radius 3 is 2.75 bits per heavy atom. The fourth-order valence-corrected chi connectivity index (χ4v) is 6.67. The summed E-state index contributed by atoms with van der Waals surface area (Å²) in [7, 11) is -0.659. The van der Waals surface area contributed by atoms with Gasteiger partial charge >= 0.3 is 0 Å². The number of nitrogen functional groups attached to an aromatic ring is 1. The van der Waals surface area contributed by atoms with Crippen LogP contribution < -0.4 is 11.1 Å². The molecule has 0 bridgehead atoms. The van der Waals surface area contributed by atoms with E-state index in [4.69, 9.17) is 5.73 Å². The maximum Gasteiger partial charge on any atom is 0.242 e. The summed E-state index contributed by atoms with van der Waals surface area (Å²) in [6.45, 7) is 1.75. The number of carbonyl (C=O) groups excluding carboxylic acids is 1. The van der Waals surface area contributed by atoms with Gasteiger partial charge in [0.15, 0.2) is 5.16 Å². The smallest absolute Gasteiger partial charge is 0.242 e. The standard InChI is InChI=1S/C21H25N5O3S3/c1-12(19(27)23-13-7-6-8-14(11-13)32(28,29)26(2)3)30-21-24-18(22)17-15-9-4-5-10-16(15)31-20(17)25-21/h6-8,11-12H,4-5,9-10H2,1-3H3,(H,23,27)(H2,22,24,25)/t12-/m1/s1. The molecule has 0 spiro atoms. The summed E-state index contributed by atoms with van der Waals surface area (Å²) in [4.78, 5) is 24.2. The molecule has 0 saturated carbocycles. The summed E-state index contributed by atoms with van der Waals surface area (Å²) in [5.41, 5.74) is 7.95. The summed E-state index contributed by atoms with van der Waals surface area (Å²) in [6.07, 6.45) is 4.41. The van der Waals surface area contributed by atoms with Crippen molar-refractivity contribution in [2.45, 2.75) is 47.9 Å². The minimum Gasteiger partial charge on any atom is -0.383 e. The number of hydrogen-bond donors (Lipinski definition) is 2. The number of anilines is 2. The third-order valence-corrected chi connectivity index (χ3v) is 9.31. The lowest BCUT2D eigenvalue weighted by molar-refractivity contribution is -0.115. The molecule has 4 rings (SSSR count). The van der Waals surface area contributed by atoms with Gasteiger partial charge in [0.1, 0.15) is 10.6 Å². The first kappa shape index (κ1) is 23.0. The summed E-state index contributed by atoms with van der Waals surface area (Å²) in [5.74, 6) is 0.188. The minimum atomic E-state index is -3.59. The number of aryl methyl sites for hydroxylation is 2. The van der Waals surface area contributed by atoms with Crippen molar-refractivity contribution in [2.24, 2.45) is 0 Å². The molecule has 2 aromatic heterocycles. The Morgan fingerprint density at radius 2 is 2.00 bits per heavy atom. The summed E-state index contributed by atoms with van der Waals surface area (Å²) >= 11 is 2.89. The highest BCUT2D eigenvalue weighted by Crippen LogP contribution is 2.39. The Labute approximate surface area is 195 Å². The highest BCUT2D eigenvalue weighted by molar-refractivity contribution is 8.00. The highest BCUT2D eigenvalue weighted by Gasteiger charge is 2.23. The third-order valence-electron chi connectivity index (χ3n) is 5.35. The van der Waals surface area contributed by atoms with Crippen LogP contribution in [0.5, 0.6) is 0 Å². The number of rotatable bonds is 6. The number of amides is 1. The molecular formula is C21H25N5O3S3. The Bertz CT molecular complexity index is 1290. The molecular weight excluding hydrogens is 466 g/mol. The molecule has 1 aliphatic carbocycles. The summed E-state index contributed by atoms with van der Waals surface area (Å²) in [6, 6.07) is 6.19. The molecule has 1 aliphatic rings. The molecule has 0 unspecified atom stereocenters. The average Bonchev–Trinajstić information content (AvgIpc) is 3.12. The Kier molecular flexibility index (Phi) is 6.44. The highest BCUT2D eigenvalue weighted by atomic mass is 32.2. The first-order valence-corrected chi connectivity index (χ1v) is 13.4. The first-order chi connectivity index (χ1) is 15.2. The number of hydrogen-bond acceptors (Lipinski definition) is 8. The SMILES string of the molecule is C[C@@H](Sc1nc(N)c2c3c(sc2n1)CCCC3)C(=O)Nc1cccc(S(=O)(=O)N(C)C)c1. The maximum absolute atomic E-state index is 12.7. The van der Waals surface area contributed by atoms with Gasteiger partial charge in [-0.05, 0) is 56.4 Å². The van der Waals surface area contributed by atoms with Crippen molar-refractivity contribution in [3.05, 3.63) is 34.7 Å². The zero-order valence-corrected chi connectivity index (χ0v) is 20.5. The molecule has 0 saturated heterocycles. The van der Waals surface area contributed by atoms with Gasteiger partial charge in [-0.2, -0.15) is 0 Å². The van der Waals surface area contributed by atoms with Crippen molar-refractivity contribution in [3.63, 3.8) is 0 Å². The van der Waals surface area contributed by atoms with Crippen LogP contribution in [-0.4, -0.2) is 47.9 Å². The number of thioether (sulfide) groups is 1. The van der Waals surface area contributed by atoms with Gasteiger partial charge < -0.3 is 11.1 Å². The van der Waals surface area contributed by atoms with E-state index in [2.05, 4.69) is 15.3 Å². The molecule has 0 fully saturated rings. The number of aromatic nitrogens is 2. The van der Waals surface area contributed by atoms with Gasteiger partial charge in [-0.25, -0.2) is 22.7 Å². The Hall–Kier alpha value is -2.21. The van der Waals surface area contributed by atoms with Gasteiger partial charge in [0.2, 0.25) is 15.9 Å². The number of benzene rings is 1. The van der Waals surface area contributed by atoms with Crippen molar-refractivity contribution in [1.29, 1.82) is 0 Å². The monoisotopic (exact) mass is 491 g/mol. The van der Waals surface area contributed by atoms with Crippen molar-refractivity contribution in [1.82, 2.24) is 14.3 Å². The van der Waals surface area contributed by atoms with E-state index >= 15 is 0 Å². The zero-order valence-electron chi connectivity index (χ0n) is 18.1. The second-order valence-electron chi connectivity index (χ2n) is 7.85. The lowest BCUT2D eigenvalue weighted by atomic mass is 9.97. The number of carbonyl (C=O) groups is 1. The van der Waals surface area contributed by atoms with Crippen LogP contribution >= 0.6 is 23.1 Å². The fourth-order valence-electron chi connectivity index (χ4n) is 3.62. The molecule has 2 heterocycles. The van der Waals surface area contributed by atoms with Gasteiger partial charge in [0, 0.05) is 24.7 Å². The second kappa shape index (κ2) is 8.97. The third kappa shape index (κ3) is 4.47. The molecule has 8 nitrogen and oxygen atoms in total. The molecule has 1 atom stereocenters. The predicted octanol–water partition coefficient (Wildman–Crippen LogP) is 3.52.